The highest BCUT2D eigenvalue weighted by Crippen LogP contribution is 2.32. The van der Waals surface area contributed by atoms with Gasteiger partial charge < -0.3 is 5.73 Å². The van der Waals surface area contributed by atoms with Crippen molar-refractivity contribution in [3.63, 3.8) is 0 Å². The number of fused-ring (bicyclic) bond motifs is 1. The number of hydrogen-bond acceptors (Lipinski definition) is 3. The molecule has 17 heavy (non-hydrogen) atoms. The zero-order chi connectivity index (χ0) is 11.8. The zero-order valence-electron chi connectivity index (χ0n) is 8.85. The number of nitrogens with zero attached hydrogens (tertiary/aromatic N) is 1. The van der Waals surface area contributed by atoms with Gasteiger partial charge in [0.05, 0.1) is 10.2 Å². The fourth-order valence-corrected chi connectivity index (χ4v) is 2.85. The van der Waals surface area contributed by atoms with Crippen LogP contribution < -0.4 is 5.73 Å². The number of anilines is 1. The van der Waals surface area contributed by atoms with Crippen molar-refractivity contribution >= 4 is 42.6 Å². The summed E-state index contributed by atoms with van der Waals surface area (Å²) in [6.45, 7) is 0. The molecule has 2 N–H and O–H groups in total. The van der Waals surface area contributed by atoms with E-state index in [-0.39, 0.29) is 0 Å². The number of hydrogen-bond donors (Lipinski definition) is 1. The maximum atomic E-state index is 5.76. The molecular weight excluding hydrogens is 296 g/mol. The fourth-order valence-electron chi connectivity index (χ4n) is 1.83. The SMILES string of the molecule is Nc1nc2c(-c3ccc(Br)cc3)cccc2s1. The third kappa shape index (κ3) is 1.94. The second-order valence-corrected chi connectivity index (χ2v) is 5.69. The Labute approximate surface area is 111 Å². The van der Waals surface area contributed by atoms with Crippen LogP contribution in [0, 0.1) is 0 Å². The molecule has 0 fully saturated rings. The monoisotopic (exact) mass is 304 g/mol. The summed E-state index contributed by atoms with van der Waals surface area (Å²) in [5.41, 5.74) is 9.03. The van der Waals surface area contributed by atoms with E-state index in [0.717, 1.165) is 25.8 Å². The molecule has 0 aliphatic carbocycles. The number of benzene rings is 2. The normalized spacial score (nSPS) is 10.9. The first-order chi connectivity index (χ1) is 8.24. The van der Waals surface area contributed by atoms with Crippen LogP contribution in [0.1, 0.15) is 0 Å². The van der Waals surface area contributed by atoms with E-state index in [1.165, 1.54) is 11.3 Å². The highest BCUT2D eigenvalue weighted by molar-refractivity contribution is 9.10. The van der Waals surface area contributed by atoms with Crippen LogP contribution in [0.2, 0.25) is 0 Å². The summed E-state index contributed by atoms with van der Waals surface area (Å²) >= 11 is 4.96. The van der Waals surface area contributed by atoms with Gasteiger partial charge in [-0.1, -0.05) is 51.5 Å². The highest BCUT2D eigenvalue weighted by atomic mass is 79.9. The third-order valence-corrected chi connectivity index (χ3v) is 3.97. The minimum absolute atomic E-state index is 0.615. The Morgan fingerprint density at radius 2 is 1.82 bits per heavy atom. The van der Waals surface area contributed by atoms with E-state index in [4.69, 9.17) is 5.73 Å². The molecule has 84 valence electrons. The first-order valence-corrected chi connectivity index (χ1v) is 6.76. The molecule has 0 saturated heterocycles. The van der Waals surface area contributed by atoms with E-state index in [9.17, 15) is 0 Å². The van der Waals surface area contributed by atoms with Crippen LogP contribution in [-0.2, 0) is 0 Å². The molecule has 0 saturated carbocycles. The predicted octanol–water partition coefficient (Wildman–Crippen LogP) is 4.31. The molecule has 1 heterocycles. The second kappa shape index (κ2) is 4.13. The van der Waals surface area contributed by atoms with Crippen molar-refractivity contribution in [3.05, 3.63) is 46.9 Å². The van der Waals surface area contributed by atoms with Gasteiger partial charge in [0, 0.05) is 10.0 Å². The maximum Gasteiger partial charge on any atom is 0.181 e. The molecule has 0 unspecified atom stereocenters. The van der Waals surface area contributed by atoms with Crippen molar-refractivity contribution in [1.29, 1.82) is 0 Å². The minimum atomic E-state index is 0.615. The number of nitrogens with two attached hydrogens (primary N) is 1. The Kier molecular flexibility index (Phi) is 2.61. The summed E-state index contributed by atoms with van der Waals surface area (Å²) in [6, 6.07) is 14.4. The van der Waals surface area contributed by atoms with Gasteiger partial charge in [-0.25, -0.2) is 4.98 Å². The number of nitrogen functional groups attached to an aromatic ring is 1. The smallest absolute Gasteiger partial charge is 0.181 e. The molecule has 1 aromatic heterocycles. The van der Waals surface area contributed by atoms with Gasteiger partial charge in [0.2, 0.25) is 0 Å². The summed E-state index contributed by atoms with van der Waals surface area (Å²) in [5, 5.41) is 0.615. The van der Waals surface area contributed by atoms with Gasteiger partial charge in [-0.3, -0.25) is 0 Å². The fraction of sp³-hybridized carbons (Fsp3) is 0. The summed E-state index contributed by atoms with van der Waals surface area (Å²) in [5.74, 6) is 0. The van der Waals surface area contributed by atoms with E-state index in [1.807, 2.05) is 24.3 Å². The Hall–Kier alpha value is -1.39. The van der Waals surface area contributed by atoms with Crippen molar-refractivity contribution in [2.75, 3.05) is 5.73 Å². The number of halogens is 1. The number of aromatic nitrogens is 1. The highest BCUT2D eigenvalue weighted by Gasteiger charge is 2.07. The average Bonchev–Trinajstić information content (AvgIpc) is 2.70. The van der Waals surface area contributed by atoms with Crippen LogP contribution >= 0.6 is 27.3 Å². The van der Waals surface area contributed by atoms with Crippen LogP contribution in [0.25, 0.3) is 21.3 Å². The molecule has 0 atom stereocenters. The molecule has 0 aliphatic heterocycles. The van der Waals surface area contributed by atoms with Crippen molar-refractivity contribution in [3.8, 4) is 11.1 Å². The van der Waals surface area contributed by atoms with Gasteiger partial charge in [-0.15, -0.1) is 0 Å². The van der Waals surface area contributed by atoms with Crippen molar-refractivity contribution in [2.45, 2.75) is 0 Å². The lowest BCUT2D eigenvalue weighted by molar-refractivity contribution is 1.49. The van der Waals surface area contributed by atoms with E-state index in [1.54, 1.807) is 0 Å². The topological polar surface area (TPSA) is 38.9 Å². The van der Waals surface area contributed by atoms with Gasteiger partial charge in [-0.05, 0) is 23.8 Å². The van der Waals surface area contributed by atoms with Crippen LogP contribution in [-0.4, -0.2) is 4.98 Å². The van der Waals surface area contributed by atoms with Gasteiger partial charge in [0.25, 0.3) is 0 Å². The maximum absolute atomic E-state index is 5.76. The van der Waals surface area contributed by atoms with Gasteiger partial charge in [0.1, 0.15) is 0 Å². The summed E-state index contributed by atoms with van der Waals surface area (Å²) < 4.78 is 2.20. The molecule has 3 rings (SSSR count). The number of rotatable bonds is 1. The van der Waals surface area contributed by atoms with Crippen LogP contribution in [0.15, 0.2) is 46.9 Å². The van der Waals surface area contributed by atoms with Crippen molar-refractivity contribution in [2.24, 2.45) is 0 Å². The Bertz CT molecular complexity index is 673. The largest absolute Gasteiger partial charge is 0.375 e. The van der Waals surface area contributed by atoms with Crippen LogP contribution in [0.3, 0.4) is 0 Å². The molecular formula is C13H9BrN2S. The lowest BCUT2D eigenvalue weighted by Gasteiger charge is -2.02. The molecule has 0 amide bonds. The van der Waals surface area contributed by atoms with E-state index >= 15 is 0 Å². The van der Waals surface area contributed by atoms with Gasteiger partial charge in [-0.2, -0.15) is 0 Å². The predicted molar refractivity (Wildman–Crippen MR) is 77.2 cm³/mol. The van der Waals surface area contributed by atoms with Crippen LogP contribution in [0.5, 0.6) is 0 Å². The van der Waals surface area contributed by atoms with E-state index in [0.29, 0.717) is 5.13 Å². The molecule has 0 bridgehead atoms. The molecule has 4 heteroatoms. The summed E-state index contributed by atoms with van der Waals surface area (Å²) in [4.78, 5) is 4.40. The molecule has 3 aromatic rings. The molecule has 2 nitrogen and oxygen atoms in total. The Morgan fingerprint density at radius 1 is 1.06 bits per heavy atom. The standard InChI is InChI=1S/C13H9BrN2S/c14-9-6-4-8(5-7-9)10-2-1-3-11-12(10)16-13(15)17-11/h1-7H,(H2,15,16). The summed E-state index contributed by atoms with van der Waals surface area (Å²) in [6.07, 6.45) is 0. The zero-order valence-corrected chi connectivity index (χ0v) is 11.3. The molecule has 0 radical (unpaired) electrons. The van der Waals surface area contributed by atoms with Crippen molar-refractivity contribution in [1.82, 2.24) is 4.98 Å². The molecule has 0 aliphatic rings. The lowest BCUT2D eigenvalue weighted by atomic mass is 10.1. The third-order valence-electron chi connectivity index (χ3n) is 2.59. The lowest BCUT2D eigenvalue weighted by Crippen LogP contribution is -1.82. The first kappa shape index (κ1) is 10.7. The van der Waals surface area contributed by atoms with E-state index in [2.05, 4.69) is 39.1 Å². The minimum Gasteiger partial charge on any atom is -0.375 e. The first-order valence-electron chi connectivity index (χ1n) is 5.15. The quantitative estimate of drug-likeness (QED) is 0.727. The van der Waals surface area contributed by atoms with Gasteiger partial charge in [0.15, 0.2) is 5.13 Å². The average molecular weight is 305 g/mol. The Balaban J connectivity index is 2.26. The Morgan fingerprint density at radius 3 is 2.59 bits per heavy atom. The van der Waals surface area contributed by atoms with Crippen LogP contribution in [0.4, 0.5) is 5.13 Å². The van der Waals surface area contributed by atoms with Crippen molar-refractivity contribution < 1.29 is 0 Å². The molecule has 0 spiro atoms. The molecule has 2 aromatic carbocycles. The number of thiazole rings is 1. The van der Waals surface area contributed by atoms with E-state index < -0.39 is 0 Å². The number of para-hydroxylation sites is 1. The summed E-state index contributed by atoms with van der Waals surface area (Å²) in [7, 11) is 0. The van der Waals surface area contributed by atoms with Gasteiger partial charge >= 0.3 is 0 Å². The second-order valence-electron chi connectivity index (χ2n) is 3.71.